The Balaban J connectivity index is 1.34. The number of halogens is 1. The van der Waals surface area contributed by atoms with Crippen molar-refractivity contribution in [2.24, 2.45) is 0 Å². The number of rotatable bonds is 3. The van der Waals surface area contributed by atoms with E-state index in [4.69, 9.17) is 23.4 Å². The minimum absolute atomic E-state index is 0.0869. The molecule has 0 amide bonds. The summed E-state index contributed by atoms with van der Waals surface area (Å²) in [7, 11) is 0. The van der Waals surface area contributed by atoms with Gasteiger partial charge in [-0.25, -0.2) is 4.98 Å². The Kier molecular flexibility index (Phi) is 4.04. The second-order valence-corrected chi connectivity index (χ2v) is 9.06. The van der Waals surface area contributed by atoms with E-state index in [0.717, 1.165) is 43.4 Å². The molecule has 1 aromatic heterocycles. The third-order valence-corrected chi connectivity index (χ3v) is 6.67. The normalized spacial score (nSPS) is 13.3. The number of nitrogens with zero attached hydrogens (tertiary/aromatic N) is 3. The van der Waals surface area contributed by atoms with Gasteiger partial charge in [-0.1, -0.05) is 103 Å². The highest BCUT2D eigenvalue weighted by Gasteiger charge is 2.14. The van der Waals surface area contributed by atoms with Crippen LogP contribution in [0.1, 0.15) is 6.85 Å². The van der Waals surface area contributed by atoms with E-state index in [1.165, 1.54) is 0 Å². The SMILES string of the molecule is [2H]c1c([2H])c([2H])c(-c2ccc3cc(-c4nc(Cl)nc(-c5cc6ccccc6c6ccccc56)n4)ccc3c2)c([2H])c1[2H]. The number of fused-ring (bicyclic) bond motifs is 4. The monoisotopic (exact) mass is 498 g/mol. The number of aromatic nitrogens is 3. The first-order valence-electron chi connectivity index (χ1n) is 14.2. The van der Waals surface area contributed by atoms with Gasteiger partial charge in [0.25, 0.3) is 0 Å². The Labute approximate surface area is 226 Å². The predicted molar refractivity (Wildman–Crippen MR) is 154 cm³/mol. The third kappa shape index (κ3) is 3.90. The third-order valence-electron chi connectivity index (χ3n) is 6.50. The maximum absolute atomic E-state index is 8.33. The van der Waals surface area contributed by atoms with Gasteiger partial charge in [0, 0.05) is 11.1 Å². The summed E-state index contributed by atoms with van der Waals surface area (Å²) in [5.74, 6) is 0.905. The molecule has 0 saturated heterocycles. The number of benzene rings is 6. The number of hydrogen-bond donors (Lipinski definition) is 0. The van der Waals surface area contributed by atoms with E-state index in [-0.39, 0.29) is 35.0 Å². The highest BCUT2D eigenvalue weighted by Crippen LogP contribution is 2.35. The Morgan fingerprint density at radius 1 is 0.514 bits per heavy atom. The van der Waals surface area contributed by atoms with Crippen molar-refractivity contribution in [2.75, 3.05) is 0 Å². The molecule has 0 spiro atoms. The molecular formula is C33H20ClN3. The summed E-state index contributed by atoms with van der Waals surface area (Å²) in [4.78, 5) is 13.8. The van der Waals surface area contributed by atoms with E-state index in [2.05, 4.69) is 40.3 Å². The van der Waals surface area contributed by atoms with E-state index in [1.807, 2.05) is 54.6 Å². The van der Waals surface area contributed by atoms with Crippen LogP contribution in [-0.2, 0) is 0 Å². The van der Waals surface area contributed by atoms with Crippen LogP contribution in [0.4, 0.5) is 0 Å². The van der Waals surface area contributed by atoms with E-state index in [1.54, 1.807) is 6.07 Å². The van der Waals surface area contributed by atoms with Gasteiger partial charge in [-0.15, -0.1) is 0 Å². The second-order valence-electron chi connectivity index (χ2n) is 8.72. The molecule has 4 heteroatoms. The molecular weight excluding hydrogens is 474 g/mol. The highest BCUT2D eigenvalue weighted by molar-refractivity contribution is 6.28. The molecule has 0 bridgehead atoms. The summed E-state index contributed by atoms with van der Waals surface area (Å²) < 4.78 is 40.6. The van der Waals surface area contributed by atoms with E-state index in [9.17, 15) is 0 Å². The van der Waals surface area contributed by atoms with Crippen molar-refractivity contribution in [1.29, 1.82) is 0 Å². The molecule has 0 aliphatic rings. The molecule has 0 saturated carbocycles. The zero-order valence-electron chi connectivity index (χ0n) is 24.4. The fraction of sp³-hybridized carbons (Fsp3) is 0. The maximum Gasteiger partial charge on any atom is 0.226 e. The largest absolute Gasteiger partial charge is 0.226 e. The first-order valence-corrected chi connectivity index (χ1v) is 12.1. The van der Waals surface area contributed by atoms with Crippen LogP contribution in [0.2, 0.25) is 5.28 Å². The van der Waals surface area contributed by atoms with E-state index >= 15 is 0 Å². The first-order chi connectivity index (χ1) is 20.3. The molecule has 1 heterocycles. The van der Waals surface area contributed by atoms with Gasteiger partial charge in [0.05, 0.1) is 6.85 Å². The van der Waals surface area contributed by atoms with Crippen molar-refractivity contribution in [3.8, 4) is 33.9 Å². The Morgan fingerprint density at radius 3 is 1.97 bits per heavy atom. The van der Waals surface area contributed by atoms with Gasteiger partial charge in [-0.05, 0) is 73.2 Å². The summed E-state index contributed by atoms with van der Waals surface area (Å²) in [5, 5.41) is 6.14. The molecule has 0 aliphatic heterocycles. The quantitative estimate of drug-likeness (QED) is 0.228. The summed E-state index contributed by atoms with van der Waals surface area (Å²) in [6, 6.07) is 28.0. The molecule has 0 radical (unpaired) electrons. The van der Waals surface area contributed by atoms with Crippen molar-refractivity contribution in [1.82, 2.24) is 15.0 Å². The van der Waals surface area contributed by atoms with Crippen molar-refractivity contribution in [3.63, 3.8) is 0 Å². The molecule has 7 rings (SSSR count). The zero-order chi connectivity index (χ0) is 29.1. The predicted octanol–water partition coefficient (Wildman–Crippen LogP) is 8.99. The standard InChI is InChI=1S/C33H20ClN3/c34-33-36-31(26-17-16-23-18-22(14-15-24(23)19-26)21-8-2-1-3-9-21)35-32(37-33)30-20-25-10-4-5-11-27(25)28-12-6-7-13-29(28)30/h1-20H/i1D,2D,3D,8D,9D. The summed E-state index contributed by atoms with van der Waals surface area (Å²) in [6.45, 7) is 0. The van der Waals surface area contributed by atoms with Crippen molar-refractivity contribution < 1.29 is 6.85 Å². The average molecular weight is 499 g/mol. The van der Waals surface area contributed by atoms with Gasteiger partial charge in [0.1, 0.15) is 0 Å². The van der Waals surface area contributed by atoms with Gasteiger partial charge in [-0.2, -0.15) is 9.97 Å². The van der Waals surface area contributed by atoms with Crippen LogP contribution in [0, 0.1) is 0 Å². The highest BCUT2D eigenvalue weighted by atomic mass is 35.5. The van der Waals surface area contributed by atoms with Gasteiger partial charge in [0.2, 0.25) is 5.28 Å². The zero-order valence-corrected chi connectivity index (χ0v) is 20.1. The minimum atomic E-state index is -0.411. The molecule has 0 unspecified atom stereocenters. The van der Waals surface area contributed by atoms with Gasteiger partial charge < -0.3 is 0 Å². The van der Waals surface area contributed by atoms with E-state index < -0.39 is 6.04 Å². The lowest BCUT2D eigenvalue weighted by Gasteiger charge is -2.11. The first kappa shape index (κ1) is 17.0. The van der Waals surface area contributed by atoms with Crippen LogP contribution in [0.25, 0.3) is 66.2 Å². The summed E-state index contributed by atoms with van der Waals surface area (Å²) in [5.41, 5.74) is 2.32. The second kappa shape index (κ2) is 8.81. The maximum atomic E-state index is 8.33. The van der Waals surface area contributed by atoms with Crippen molar-refractivity contribution >= 4 is 43.9 Å². The van der Waals surface area contributed by atoms with Crippen LogP contribution < -0.4 is 0 Å². The fourth-order valence-corrected chi connectivity index (χ4v) is 4.93. The van der Waals surface area contributed by atoms with Crippen LogP contribution in [0.15, 0.2) is 121 Å². The molecule has 3 nitrogen and oxygen atoms in total. The minimum Gasteiger partial charge on any atom is -0.208 e. The summed E-state index contributed by atoms with van der Waals surface area (Å²) in [6.07, 6.45) is 0. The smallest absolute Gasteiger partial charge is 0.208 e. The Morgan fingerprint density at radius 2 is 1.16 bits per heavy atom. The average Bonchev–Trinajstić information content (AvgIpc) is 3.02. The molecule has 37 heavy (non-hydrogen) atoms. The molecule has 0 fully saturated rings. The van der Waals surface area contributed by atoms with Gasteiger partial charge in [0.15, 0.2) is 11.6 Å². The lowest BCUT2D eigenvalue weighted by atomic mass is 9.97. The molecule has 6 aromatic carbocycles. The van der Waals surface area contributed by atoms with Crippen molar-refractivity contribution in [2.45, 2.75) is 0 Å². The molecule has 7 aromatic rings. The van der Waals surface area contributed by atoms with Gasteiger partial charge in [-0.3, -0.25) is 0 Å². The lowest BCUT2D eigenvalue weighted by molar-refractivity contribution is 1.07. The molecule has 174 valence electrons. The fourth-order valence-electron chi connectivity index (χ4n) is 4.77. The van der Waals surface area contributed by atoms with Crippen LogP contribution in [0.5, 0.6) is 0 Å². The molecule has 0 atom stereocenters. The number of hydrogen-bond acceptors (Lipinski definition) is 3. The van der Waals surface area contributed by atoms with Crippen LogP contribution >= 0.6 is 11.6 Å². The van der Waals surface area contributed by atoms with Gasteiger partial charge >= 0.3 is 0 Å². The summed E-state index contributed by atoms with van der Waals surface area (Å²) >= 11 is 6.45. The van der Waals surface area contributed by atoms with Crippen LogP contribution in [-0.4, -0.2) is 15.0 Å². The molecule has 0 aliphatic carbocycles. The van der Waals surface area contributed by atoms with Crippen molar-refractivity contribution in [3.05, 3.63) is 126 Å². The van der Waals surface area contributed by atoms with E-state index in [0.29, 0.717) is 17.2 Å². The topological polar surface area (TPSA) is 38.7 Å². The Hall–Kier alpha value is -4.60. The van der Waals surface area contributed by atoms with Crippen LogP contribution in [0.3, 0.4) is 0 Å². The molecule has 0 N–H and O–H groups in total. The lowest BCUT2D eigenvalue weighted by Crippen LogP contribution is -1.98. The Bertz CT molecular complexity index is 2210.